The van der Waals surface area contributed by atoms with Gasteiger partial charge in [-0.05, 0) is 26.7 Å². The van der Waals surface area contributed by atoms with Crippen molar-refractivity contribution in [3.63, 3.8) is 0 Å². The minimum atomic E-state index is -1.50. The van der Waals surface area contributed by atoms with E-state index in [1.807, 2.05) is 0 Å². The van der Waals surface area contributed by atoms with E-state index in [2.05, 4.69) is 0 Å². The molecule has 0 aliphatic heterocycles. The molecule has 3 unspecified atom stereocenters. The summed E-state index contributed by atoms with van der Waals surface area (Å²) in [5, 5.41) is 27.2. The van der Waals surface area contributed by atoms with Crippen LogP contribution in [-0.2, 0) is 19.1 Å². The summed E-state index contributed by atoms with van der Waals surface area (Å²) in [5.74, 6) is -3.72. The van der Waals surface area contributed by atoms with Gasteiger partial charge in [0.1, 0.15) is 11.7 Å². The molecule has 0 aromatic rings. The maximum atomic E-state index is 12.2. The average molecular weight is 316 g/mol. The van der Waals surface area contributed by atoms with Gasteiger partial charge in [0.05, 0.1) is 18.4 Å². The minimum absolute atomic E-state index is 0.245. The summed E-state index contributed by atoms with van der Waals surface area (Å²) in [7, 11) is 0. The zero-order valence-corrected chi connectivity index (χ0v) is 12.9. The number of ketones is 1. The SMILES string of the molecule is CC(C)(CC(=O)C(O)CO)OC(=O)C1CCCCC1C(=O)O. The van der Waals surface area contributed by atoms with Crippen molar-refractivity contribution in [3.8, 4) is 0 Å². The maximum absolute atomic E-state index is 12.2. The number of carbonyl (C=O) groups is 3. The van der Waals surface area contributed by atoms with Gasteiger partial charge in [-0.2, -0.15) is 0 Å². The van der Waals surface area contributed by atoms with Gasteiger partial charge in [-0.15, -0.1) is 0 Å². The highest BCUT2D eigenvalue weighted by atomic mass is 16.6. The first kappa shape index (κ1) is 18.6. The van der Waals surface area contributed by atoms with Crippen LogP contribution < -0.4 is 0 Å². The van der Waals surface area contributed by atoms with Crippen LogP contribution >= 0.6 is 0 Å². The molecule has 3 atom stereocenters. The largest absolute Gasteiger partial charge is 0.481 e. The summed E-state index contributed by atoms with van der Waals surface area (Å²) >= 11 is 0. The fourth-order valence-electron chi connectivity index (χ4n) is 2.73. The standard InChI is InChI=1S/C15H24O7/c1-15(2,7-11(17)12(18)8-16)22-14(21)10-6-4-3-5-9(10)13(19)20/h9-10,12,16,18H,3-8H2,1-2H3,(H,19,20). The highest BCUT2D eigenvalue weighted by Gasteiger charge is 2.39. The molecule has 0 radical (unpaired) electrons. The van der Waals surface area contributed by atoms with Gasteiger partial charge >= 0.3 is 11.9 Å². The Labute approximate surface area is 129 Å². The molecule has 0 heterocycles. The summed E-state index contributed by atoms with van der Waals surface area (Å²) in [5.41, 5.74) is -1.16. The Morgan fingerprint density at radius 1 is 1.18 bits per heavy atom. The molecule has 7 nitrogen and oxygen atoms in total. The van der Waals surface area contributed by atoms with Crippen molar-refractivity contribution >= 4 is 17.7 Å². The van der Waals surface area contributed by atoms with E-state index < -0.39 is 47.9 Å². The van der Waals surface area contributed by atoms with Gasteiger partial charge < -0.3 is 20.1 Å². The van der Waals surface area contributed by atoms with Crippen molar-refractivity contribution in [2.45, 2.75) is 57.7 Å². The third-order valence-corrected chi connectivity index (χ3v) is 3.91. The fourth-order valence-corrected chi connectivity index (χ4v) is 2.73. The van der Waals surface area contributed by atoms with Gasteiger partial charge in [0.15, 0.2) is 5.78 Å². The Hall–Kier alpha value is -1.47. The number of carbonyl (C=O) groups excluding carboxylic acids is 2. The number of Topliss-reactive ketones (excluding diaryl/α,β-unsaturated/α-hetero) is 1. The average Bonchev–Trinajstić information content (AvgIpc) is 2.45. The van der Waals surface area contributed by atoms with Crippen LogP contribution in [0.5, 0.6) is 0 Å². The molecule has 1 fully saturated rings. The van der Waals surface area contributed by atoms with E-state index in [9.17, 15) is 24.6 Å². The zero-order chi connectivity index (χ0) is 16.9. The third kappa shape index (κ3) is 5.06. The van der Waals surface area contributed by atoms with Crippen molar-refractivity contribution in [1.29, 1.82) is 0 Å². The molecule has 1 aliphatic carbocycles. The topological polar surface area (TPSA) is 121 Å². The molecule has 0 spiro atoms. The summed E-state index contributed by atoms with van der Waals surface area (Å²) in [6, 6.07) is 0. The lowest BCUT2D eigenvalue weighted by Crippen LogP contribution is -2.40. The Morgan fingerprint density at radius 2 is 1.73 bits per heavy atom. The van der Waals surface area contributed by atoms with E-state index in [1.54, 1.807) is 0 Å². The minimum Gasteiger partial charge on any atom is -0.481 e. The molecule has 0 saturated heterocycles. The van der Waals surface area contributed by atoms with Crippen molar-refractivity contribution in [2.24, 2.45) is 11.8 Å². The monoisotopic (exact) mass is 316 g/mol. The van der Waals surface area contributed by atoms with Gasteiger partial charge in [0.25, 0.3) is 0 Å². The van der Waals surface area contributed by atoms with E-state index in [0.717, 1.165) is 12.8 Å². The van der Waals surface area contributed by atoms with Gasteiger partial charge in [-0.3, -0.25) is 14.4 Å². The number of esters is 1. The Balaban J connectivity index is 2.68. The fraction of sp³-hybridized carbons (Fsp3) is 0.800. The molecule has 7 heteroatoms. The van der Waals surface area contributed by atoms with Gasteiger partial charge in [0, 0.05) is 6.42 Å². The van der Waals surface area contributed by atoms with Gasteiger partial charge in [0.2, 0.25) is 0 Å². The molecular weight excluding hydrogens is 292 g/mol. The highest BCUT2D eigenvalue weighted by Crippen LogP contribution is 2.32. The van der Waals surface area contributed by atoms with Crippen molar-refractivity contribution in [2.75, 3.05) is 6.61 Å². The Morgan fingerprint density at radius 3 is 2.23 bits per heavy atom. The predicted octanol–water partition coefficient (Wildman–Crippen LogP) is 0.512. The summed E-state index contributed by atoms with van der Waals surface area (Å²) in [6.07, 6.45) is 0.693. The molecule has 3 N–H and O–H groups in total. The number of rotatable bonds is 7. The smallest absolute Gasteiger partial charge is 0.310 e. The lowest BCUT2D eigenvalue weighted by molar-refractivity contribution is -0.171. The number of ether oxygens (including phenoxy) is 1. The molecule has 1 saturated carbocycles. The number of hydrogen-bond donors (Lipinski definition) is 3. The first-order valence-electron chi connectivity index (χ1n) is 7.45. The Bertz CT molecular complexity index is 430. The molecule has 126 valence electrons. The zero-order valence-electron chi connectivity index (χ0n) is 12.9. The summed E-state index contributed by atoms with van der Waals surface area (Å²) < 4.78 is 5.31. The molecule has 0 aromatic carbocycles. The van der Waals surface area contributed by atoms with Crippen LogP contribution in [0.25, 0.3) is 0 Å². The van der Waals surface area contributed by atoms with E-state index in [-0.39, 0.29) is 6.42 Å². The molecule has 0 bridgehead atoms. The summed E-state index contributed by atoms with van der Waals surface area (Å²) in [4.78, 5) is 35.1. The first-order valence-corrected chi connectivity index (χ1v) is 7.45. The number of aliphatic carboxylic acids is 1. The maximum Gasteiger partial charge on any atom is 0.310 e. The molecule has 0 amide bonds. The molecule has 0 aromatic heterocycles. The second-order valence-corrected chi connectivity index (χ2v) is 6.36. The first-order chi connectivity index (χ1) is 10.2. The van der Waals surface area contributed by atoms with Crippen LogP contribution in [0.3, 0.4) is 0 Å². The van der Waals surface area contributed by atoms with Crippen LogP contribution in [0.4, 0.5) is 0 Å². The lowest BCUT2D eigenvalue weighted by atomic mass is 9.79. The third-order valence-electron chi connectivity index (χ3n) is 3.91. The van der Waals surface area contributed by atoms with Crippen molar-refractivity contribution in [3.05, 3.63) is 0 Å². The van der Waals surface area contributed by atoms with Crippen LogP contribution in [0.2, 0.25) is 0 Å². The van der Waals surface area contributed by atoms with Crippen LogP contribution in [-0.4, -0.2) is 51.4 Å². The van der Waals surface area contributed by atoms with E-state index in [0.29, 0.717) is 12.8 Å². The molecule has 1 rings (SSSR count). The molecule has 22 heavy (non-hydrogen) atoms. The summed E-state index contributed by atoms with van der Waals surface area (Å²) in [6.45, 7) is 2.35. The van der Waals surface area contributed by atoms with Crippen LogP contribution in [0, 0.1) is 11.8 Å². The second kappa shape index (κ2) is 7.69. The van der Waals surface area contributed by atoms with E-state index in [4.69, 9.17) is 9.84 Å². The normalized spacial score (nSPS) is 23.6. The number of hydrogen-bond acceptors (Lipinski definition) is 6. The molecular formula is C15H24O7. The number of carboxylic acid groups (broad SMARTS) is 1. The van der Waals surface area contributed by atoms with E-state index >= 15 is 0 Å². The molecule has 1 aliphatic rings. The number of carboxylic acids is 1. The predicted molar refractivity (Wildman–Crippen MR) is 76.0 cm³/mol. The van der Waals surface area contributed by atoms with E-state index in [1.165, 1.54) is 13.8 Å². The van der Waals surface area contributed by atoms with Crippen LogP contribution in [0.15, 0.2) is 0 Å². The van der Waals surface area contributed by atoms with Crippen LogP contribution in [0.1, 0.15) is 46.0 Å². The Kier molecular flexibility index (Phi) is 6.49. The highest BCUT2D eigenvalue weighted by molar-refractivity contribution is 5.85. The van der Waals surface area contributed by atoms with Gasteiger partial charge in [-0.1, -0.05) is 12.8 Å². The van der Waals surface area contributed by atoms with Crippen molar-refractivity contribution < 1.29 is 34.4 Å². The lowest BCUT2D eigenvalue weighted by Gasteiger charge is -2.31. The van der Waals surface area contributed by atoms with Gasteiger partial charge in [-0.25, -0.2) is 0 Å². The second-order valence-electron chi connectivity index (χ2n) is 6.36. The quantitative estimate of drug-likeness (QED) is 0.585. The van der Waals surface area contributed by atoms with Crippen molar-refractivity contribution in [1.82, 2.24) is 0 Å². The number of aliphatic hydroxyl groups is 2. The number of aliphatic hydroxyl groups excluding tert-OH is 2.